The fourth-order valence-corrected chi connectivity index (χ4v) is 3.12. The SMILES string of the molecule is Cc1ccc(C(=O)Oc2ccc(C(=S)N3CCCCC3)cc2)cc1. The summed E-state index contributed by atoms with van der Waals surface area (Å²) in [5.74, 6) is 0.187. The second-order valence-corrected chi connectivity index (χ2v) is 6.52. The molecule has 0 unspecified atom stereocenters. The number of esters is 1. The van der Waals surface area contributed by atoms with Gasteiger partial charge in [0, 0.05) is 18.7 Å². The van der Waals surface area contributed by atoms with Crippen LogP contribution in [0, 0.1) is 6.92 Å². The van der Waals surface area contributed by atoms with Crippen LogP contribution < -0.4 is 4.74 Å². The molecule has 0 spiro atoms. The van der Waals surface area contributed by atoms with Gasteiger partial charge in [-0.3, -0.25) is 0 Å². The van der Waals surface area contributed by atoms with Gasteiger partial charge in [0.05, 0.1) is 5.56 Å². The third kappa shape index (κ3) is 4.01. The van der Waals surface area contributed by atoms with Crippen LogP contribution in [-0.4, -0.2) is 28.9 Å². The lowest BCUT2D eigenvalue weighted by molar-refractivity contribution is 0.0735. The molecule has 1 aliphatic rings. The Balaban J connectivity index is 1.64. The van der Waals surface area contributed by atoms with Crippen molar-refractivity contribution >= 4 is 23.2 Å². The monoisotopic (exact) mass is 339 g/mol. The minimum Gasteiger partial charge on any atom is -0.423 e. The van der Waals surface area contributed by atoms with Gasteiger partial charge in [-0.25, -0.2) is 4.79 Å². The van der Waals surface area contributed by atoms with Gasteiger partial charge in [0.2, 0.25) is 0 Å². The van der Waals surface area contributed by atoms with Gasteiger partial charge in [-0.1, -0.05) is 29.9 Å². The average molecular weight is 339 g/mol. The van der Waals surface area contributed by atoms with Crippen molar-refractivity contribution in [1.82, 2.24) is 4.90 Å². The van der Waals surface area contributed by atoms with Gasteiger partial charge >= 0.3 is 5.97 Å². The first-order valence-electron chi connectivity index (χ1n) is 8.32. The zero-order valence-corrected chi connectivity index (χ0v) is 14.6. The van der Waals surface area contributed by atoms with Crippen LogP contribution in [0.1, 0.15) is 40.7 Å². The van der Waals surface area contributed by atoms with Crippen molar-refractivity contribution in [2.24, 2.45) is 0 Å². The first-order valence-corrected chi connectivity index (χ1v) is 8.72. The minimum atomic E-state index is -0.346. The number of piperidine rings is 1. The van der Waals surface area contributed by atoms with Gasteiger partial charge in [0.25, 0.3) is 0 Å². The van der Waals surface area contributed by atoms with E-state index in [1.165, 1.54) is 19.3 Å². The van der Waals surface area contributed by atoms with Crippen LogP contribution in [0.5, 0.6) is 5.75 Å². The van der Waals surface area contributed by atoms with Crippen molar-refractivity contribution in [3.63, 3.8) is 0 Å². The van der Waals surface area contributed by atoms with Gasteiger partial charge < -0.3 is 9.64 Å². The Bertz CT molecular complexity index is 716. The number of thiocarbonyl (C=S) groups is 1. The van der Waals surface area contributed by atoms with Gasteiger partial charge in [0.1, 0.15) is 10.7 Å². The molecule has 0 aromatic heterocycles. The summed E-state index contributed by atoms with van der Waals surface area (Å²) in [5, 5.41) is 0. The van der Waals surface area contributed by atoms with Crippen molar-refractivity contribution in [2.75, 3.05) is 13.1 Å². The Morgan fingerprint density at radius 1 is 0.917 bits per heavy atom. The molecule has 24 heavy (non-hydrogen) atoms. The summed E-state index contributed by atoms with van der Waals surface area (Å²) >= 11 is 5.58. The molecule has 0 atom stereocenters. The lowest BCUT2D eigenvalue weighted by atomic mass is 10.1. The highest BCUT2D eigenvalue weighted by atomic mass is 32.1. The van der Waals surface area contributed by atoms with Crippen LogP contribution in [0.4, 0.5) is 0 Å². The van der Waals surface area contributed by atoms with Crippen molar-refractivity contribution in [2.45, 2.75) is 26.2 Å². The third-order valence-corrected chi connectivity index (χ3v) is 4.74. The lowest BCUT2D eigenvalue weighted by Gasteiger charge is -2.29. The summed E-state index contributed by atoms with van der Waals surface area (Å²) in [7, 11) is 0. The molecule has 1 fully saturated rings. The number of carbonyl (C=O) groups is 1. The molecule has 1 saturated heterocycles. The fourth-order valence-electron chi connectivity index (χ4n) is 2.80. The van der Waals surface area contributed by atoms with Crippen LogP contribution in [0.15, 0.2) is 48.5 Å². The summed E-state index contributed by atoms with van der Waals surface area (Å²) in [6.45, 7) is 4.05. The normalized spacial score (nSPS) is 14.3. The van der Waals surface area contributed by atoms with E-state index in [-0.39, 0.29) is 5.97 Å². The second kappa shape index (κ2) is 7.58. The van der Waals surface area contributed by atoms with E-state index in [1.54, 1.807) is 24.3 Å². The highest BCUT2D eigenvalue weighted by Gasteiger charge is 2.15. The minimum absolute atomic E-state index is 0.346. The maximum atomic E-state index is 12.1. The topological polar surface area (TPSA) is 29.5 Å². The Labute approximate surface area is 148 Å². The number of rotatable bonds is 3. The number of hydrogen-bond acceptors (Lipinski definition) is 3. The van der Waals surface area contributed by atoms with E-state index < -0.39 is 0 Å². The first-order chi connectivity index (χ1) is 11.6. The van der Waals surface area contributed by atoms with E-state index >= 15 is 0 Å². The molecule has 0 radical (unpaired) electrons. The number of ether oxygens (including phenoxy) is 1. The molecule has 0 aliphatic carbocycles. The molecule has 4 heteroatoms. The fraction of sp³-hybridized carbons (Fsp3) is 0.300. The molecule has 2 aromatic carbocycles. The molecule has 2 aromatic rings. The first kappa shape index (κ1) is 16.7. The number of benzene rings is 2. The van der Waals surface area contributed by atoms with Crippen LogP contribution >= 0.6 is 12.2 Å². The molecule has 0 N–H and O–H groups in total. The van der Waals surface area contributed by atoms with E-state index in [0.717, 1.165) is 29.2 Å². The van der Waals surface area contributed by atoms with E-state index in [2.05, 4.69) is 4.90 Å². The lowest BCUT2D eigenvalue weighted by Crippen LogP contribution is -2.34. The smallest absolute Gasteiger partial charge is 0.343 e. The van der Waals surface area contributed by atoms with Gasteiger partial charge in [-0.05, 0) is 62.6 Å². The third-order valence-electron chi connectivity index (χ3n) is 4.24. The average Bonchev–Trinajstić information content (AvgIpc) is 2.63. The van der Waals surface area contributed by atoms with Crippen LogP contribution in [0.2, 0.25) is 0 Å². The van der Waals surface area contributed by atoms with Crippen LogP contribution in [-0.2, 0) is 0 Å². The predicted octanol–water partition coefficient (Wildman–Crippen LogP) is 4.38. The molecule has 0 saturated carbocycles. The Morgan fingerprint density at radius 3 is 2.12 bits per heavy atom. The van der Waals surface area contributed by atoms with Gasteiger partial charge in [0.15, 0.2) is 0 Å². The molecule has 0 bridgehead atoms. The number of carbonyl (C=O) groups excluding carboxylic acids is 1. The zero-order chi connectivity index (χ0) is 16.9. The maximum Gasteiger partial charge on any atom is 0.343 e. The molecule has 0 amide bonds. The van der Waals surface area contributed by atoms with Crippen molar-refractivity contribution in [3.8, 4) is 5.75 Å². The molecule has 3 rings (SSSR count). The number of aryl methyl sites for hydroxylation is 1. The van der Waals surface area contributed by atoms with E-state index in [4.69, 9.17) is 17.0 Å². The van der Waals surface area contributed by atoms with E-state index in [9.17, 15) is 4.79 Å². The van der Waals surface area contributed by atoms with Crippen molar-refractivity contribution in [3.05, 3.63) is 65.2 Å². The Kier molecular flexibility index (Phi) is 5.26. The van der Waals surface area contributed by atoms with Crippen molar-refractivity contribution in [1.29, 1.82) is 0 Å². The van der Waals surface area contributed by atoms with Crippen molar-refractivity contribution < 1.29 is 9.53 Å². The maximum absolute atomic E-state index is 12.1. The molecular formula is C20H21NO2S. The predicted molar refractivity (Wildman–Crippen MR) is 99.7 cm³/mol. The number of hydrogen-bond donors (Lipinski definition) is 0. The summed E-state index contributed by atoms with van der Waals surface area (Å²) in [4.78, 5) is 15.3. The van der Waals surface area contributed by atoms with Gasteiger partial charge in [-0.15, -0.1) is 0 Å². The molecule has 124 valence electrons. The van der Waals surface area contributed by atoms with Gasteiger partial charge in [-0.2, -0.15) is 0 Å². The Hall–Kier alpha value is -2.20. The summed E-state index contributed by atoms with van der Waals surface area (Å²) in [5.41, 5.74) is 2.66. The summed E-state index contributed by atoms with van der Waals surface area (Å²) in [6, 6.07) is 14.8. The van der Waals surface area contributed by atoms with Crippen LogP contribution in [0.3, 0.4) is 0 Å². The summed E-state index contributed by atoms with van der Waals surface area (Å²) < 4.78 is 5.42. The van der Waals surface area contributed by atoms with E-state index in [0.29, 0.717) is 11.3 Å². The zero-order valence-electron chi connectivity index (χ0n) is 13.8. The van der Waals surface area contributed by atoms with E-state index in [1.807, 2.05) is 31.2 Å². The molecule has 3 nitrogen and oxygen atoms in total. The quantitative estimate of drug-likeness (QED) is 0.472. The highest BCUT2D eigenvalue weighted by Crippen LogP contribution is 2.18. The highest BCUT2D eigenvalue weighted by molar-refractivity contribution is 7.80. The standard InChI is InChI=1S/C20H21NO2S/c1-15-5-7-17(8-6-15)20(22)23-18-11-9-16(10-12-18)19(24)21-13-3-2-4-14-21/h5-12H,2-4,13-14H2,1H3. The number of likely N-dealkylation sites (tertiary alicyclic amines) is 1. The molecule has 1 heterocycles. The molecule has 1 aliphatic heterocycles. The second-order valence-electron chi connectivity index (χ2n) is 6.13. The number of nitrogens with zero attached hydrogens (tertiary/aromatic N) is 1. The van der Waals surface area contributed by atoms with Crippen LogP contribution in [0.25, 0.3) is 0 Å². The summed E-state index contributed by atoms with van der Waals surface area (Å²) in [6.07, 6.45) is 3.69. The largest absolute Gasteiger partial charge is 0.423 e. The Morgan fingerprint density at radius 2 is 1.50 bits per heavy atom. The molecular weight excluding hydrogens is 318 g/mol.